The maximum Gasteiger partial charge on any atom is 0.338 e. The number of nitrogens with zero attached hydrogens (tertiary/aromatic N) is 2. The zero-order chi connectivity index (χ0) is 10.3. The number of halogens is 2. The summed E-state index contributed by atoms with van der Waals surface area (Å²) in [6, 6.07) is 2.83. The van der Waals surface area contributed by atoms with Gasteiger partial charge in [0, 0.05) is 0 Å². The first-order valence-electron chi connectivity index (χ1n) is 3.78. The molecule has 0 saturated carbocycles. The number of nitrogens with two attached hydrogens (primary N) is 2. The van der Waals surface area contributed by atoms with Crippen LogP contribution in [0, 0.1) is 0 Å². The van der Waals surface area contributed by atoms with Crippen LogP contribution in [0.15, 0.2) is 22.1 Å². The number of amides is 2. The van der Waals surface area contributed by atoms with Crippen molar-refractivity contribution in [3.63, 3.8) is 0 Å². The number of rotatable bonds is 0. The van der Waals surface area contributed by atoms with Crippen LogP contribution in [0.3, 0.4) is 0 Å². The van der Waals surface area contributed by atoms with Gasteiger partial charge in [0.1, 0.15) is 0 Å². The highest BCUT2D eigenvalue weighted by Gasteiger charge is 2.15. The largest absolute Gasteiger partial charge is 0.397 e. The molecule has 0 radical (unpaired) electrons. The number of hydrogen-bond donors (Lipinski definition) is 2. The Balaban J connectivity index is 0.00000112. The highest BCUT2D eigenvalue weighted by molar-refractivity contribution is 6.36. The molecule has 1 heterocycles. The Morgan fingerprint density at radius 3 is 1.44 bits per heavy atom. The average Bonchev–Trinajstić information content (AvgIpc) is 2.11. The molecule has 0 saturated heterocycles. The molecule has 1 aliphatic rings. The van der Waals surface area contributed by atoms with Crippen LogP contribution in [-0.2, 0) is 9.59 Å². The Kier molecular flexibility index (Phi) is 4.40. The first-order valence-corrected chi connectivity index (χ1v) is 3.78. The van der Waals surface area contributed by atoms with Crippen LogP contribution in [0.4, 0.5) is 11.4 Å². The molecule has 2 rings (SSSR count). The fourth-order valence-corrected chi connectivity index (χ4v) is 1.10. The number of anilines is 2. The van der Waals surface area contributed by atoms with Gasteiger partial charge in [-0.3, -0.25) is 9.59 Å². The maximum absolute atomic E-state index is 10.9. The van der Waals surface area contributed by atoms with Crippen molar-refractivity contribution in [2.75, 3.05) is 11.5 Å². The minimum atomic E-state index is -0.887. The summed E-state index contributed by atoms with van der Waals surface area (Å²) in [5.74, 6) is -1.77. The summed E-state index contributed by atoms with van der Waals surface area (Å²) in [7, 11) is 0. The second-order valence-corrected chi connectivity index (χ2v) is 2.80. The Bertz CT molecular complexity index is 519. The molecule has 0 fully saturated rings. The molecule has 1 aromatic carbocycles. The van der Waals surface area contributed by atoms with Gasteiger partial charge in [-0.2, -0.15) is 0 Å². The molecular formula is C8H8Cl2N4O2. The van der Waals surface area contributed by atoms with Crippen molar-refractivity contribution in [2.24, 2.45) is 9.98 Å². The number of hydrogen-bond acceptors (Lipinski definition) is 4. The second-order valence-electron chi connectivity index (χ2n) is 2.80. The van der Waals surface area contributed by atoms with Crippen LogP contribution in [0.5, 0.6) is 0 Å². The van der Waals surface area contributed by atoms with Gasteiger partial charge in [0.2, 0.25) is 0 Å². The smallest absolute Gasteiger partial charge is 0.338 e. The summed E-state index contributed by atoms with van der Waals surface area (Å²) in [5, 5.41) is 0.558. The van der Waals surface area contributed by atoms with Crippen LogP contribution >= 0.6 is 24.8 Å². The lowest BCUT2D eigenvalue weighted by atomic mass is 10.2. The van der Waals surface area contributed by atoms with E-state index in [4.69, 9.17) is 11.5 Å². The van der Waals surface area contributed by atoms with E-state index in [9.17, 15) is 9.59 Å². The van der Waals surface area contributed by atoms with Crippen molar-refractivity contribution in [2.45, 2.75) is 0 Å². The van der Waals surface area contributed by atoms with Gasteiger partial charge in [-0.15, -0.1) is 24.8 Å². The molecule has 0 aliphatic carbocycles. The van der Waals surface area contributed by atoms with Crippen molar-refractivity contribution in [1.29, 1.82) is 0 Å². The fourth-order valence-electron chi connectivity index (χ4n) is 1.10. The van der Waals surface area contributed by atoms with Crippen LogP contribution in [0.2, 0.25) is 0 Å². The van der Waals surface area contributed by atoms with E-state index in [1.165, 1.54) is 12.1 Å². The lowest BCUT2D eigenvalue weighted by Crippen LogP contribution is -2.35. The van der Waals surface area contributed by atoms with Gasteiger partial charge in [-0.25, -0.2) is 9.98 Å². The third-order valence-corrected chi connectivity index (χ3v) is 1.81. The van der Waals surface area contributed by atoms with Crippen molar-refractivity contribution in [1.82, 2.24) is 0 Å². The molecule has 1 aromatic rings. The van der Waals surface area contributed by atoms with E-state index in [-0.39, 0.29) is 35.5 Å². The average molecular weight is 263 g/mol. The minimum Gasteiger partial charge on any atom is -0.397 e. The highest BCUT2D eigenvalue weighted by Crippen LogP contribution is 2.06. The summed E-state index contributed by atoms with van der Waals surface area (Å²) < 4.78 is 0. The molecule has 0 unspecified atom stereocenters. The number of carbonyl (C=O) groups excluding carboxylic acids is 2. The Labute approximate surface area is 102 Å². The molecule has 0 atom stereocenters. The van der Waals surface area contributed by atoms with Gasteiger partial charge >= 0.3 is 11.8 Å². The SMILES string of the molecule is Cl.Cl.Nc1cc2c(cc1N)=NC(=O)C(=O)N=2. The summed E-state index contributed by atoms with van der Waals surface area (Å²) >= 11 is 0. The molecule has 8 heteroatoms. The zero-order valence-electron chi connectivity index (χ0n) is 7.84. The van der Waals surface area contributed by atoms with Gasteiger partial charge in [-0.1, -0.05) is 0 Å². The topological polar surface area (TPSA) is 111 Å². The lowest BCUT2D eigenvalue weighted by molar-refractivity contribution is -0.135. The minimum absolute atomic E-state index is 0. The Morgan fingerprint density at radius 1 is 0.812 bits per heavy atom. The van der Waals surface area contributed by atoms with Gasteiger partial charge in [0.25, 0.3) is 0 Å². The summed E-state index contributed by atoms with van der Waals surface area (Å²) in [6.45, 7) is 0. The highest BCUT2D eigenvalue weighted by atomic mass is 35.5. The predicted octanol–water partition coefficient (Wildman–Crippen LogP) is -0.999. The number of nitrogen functional groups attached to an aromatic ring is 2. The normalized spacial score (nSPS) is 12.5. The zero-order valence-corrected chi connectivity index (χ0v) is 9.47. The van der Waals surface area contributed by atoms with E-state index >= 15 is 0 Å². The number of fused-ring (bicyclic) bond motifs is 1. The first kappa shape index (κ1) is 14.3. The van der Waals surface area contributed by atoms with Gasteiger partial charge in [-0.05, 0) is 12.1 Å². The summed E-state index contributed by atoms with van der Waals surface area (Å²) in [4.78, 5) is 28.8. The van der Waals surface area contributed by atoms with Crippen molar-refractivity contribution in [3.8, 4) is 0 Å². The molecule has 0 aromatic heterocycles. The number of carbonyl (C=O) groups is 2. The lowest BCUT2D eigenvalue weighted by Gasteiger charge is -2.01. The van der Waals surface area contributed by atoms with E-state index < -0.39 is 11.8 Å². The van der Waals surface area contributed by atoms with E-state index in [0.29, 0.717) is 11.4 Å². The molecule has 2 amide bonds. The predicted molar refractivity (Wildman–Crippen MR) is 62.1 cm³/mol. The molecule has 16 heavy (non-hydrogen) atoms. The summed E-state index contributed by atoms with van der Waals surface area (Å²) in [5.41, 5.74) is 11.6. The van der Waals surface area contributed by atoms with Crippen LogP contribution in [0.1, 0.15) is 0 Å². The van der Waals surface area contributed by atoms with Crippen LogP contribution < -0.4 is 22.2 Å². The van der Waals surface area contributed by atoms with E-state index in [1.807, 2.05) is 0 Å². The third kappa shape index (κ3) is 2.29. The molecule has 86 valence electrons. The Morgan fingerprint density at radius 2 is 1.12 bits per heavy atom. The van der Waals surface area contributed by atoms with Crippen molar-refractivity contribution >= 4 is 48.0 Å². The van der Waals surface area contributed by atoms with Gasteiger partial charge < -0.3 is 11.5 Å². The van der Waals surface area contributed by atoms with Crippen LogP contribution in [-0.4, -0.2) is 11.8 Å². The fraction of sp³-hybridized carbons (Fsp3) is 0. The molecule has 1 aliphatic heterocycles. The van der Waals surface area contributed by atoms with E-state index in [2.05, 4.69) is 9.98 Å². The number of benzene rings is 1. The Hall–Kier alpha value is -1.66. The van der Waals surface area contributed by atoms with Crippen LogP contribution in [0.25, 0.3) is 0 Å². The summed E-state index contributed by atoms with van der Waals surface area (Å²) in [6.07, 6.45) is 0. The first-order chi connectivity index (χ1) is 6.58. The van der Waals surface area contributed by atoms with Crippen molar-refractivity contribution in [3.05, 3.63) is 22.8 Å². The molecule has 4 N–H and O–H groups in total. The standard InChI is InChI=1S/C8H6N4O2.2ClH/c9-3-1-5-6(2-4(3)10)12-8(14)7(13)11-5;;/h1-2H,9-10H2;2*1H. The molecule has 6 nitrogen and oxygen atoms in total. The maximum atomic E-state index is 10.9. The van der Waals surface area contributed by atoms with E-state index in [1.54, 1.807) is 0 Å². The van der Waals surface area contributed by atoms with Gasteiger partial charge in [0.05, 0.1) is 22.1 Å². The van der Waals surface area contributed by atoms with Gasteiger partial charge in [0.15, 0.2) is 0 Å². The molecule has 0 bridgehead atoms. The monoisotopic (exact) mass is 262 g/mol. The van der Waals surface area contributed by atoms with E-state index in [0.717, 1.165) is 0 Å². The second kappa shape index (κ2) is 4.91. The van der Waals surface area contributed by atoms with Crippen molar-refractivity contribution < 1.29 is 9.59 Å². The molecule has 0 spiro atoms. The third-order valence-electron chi connectivity index (χ3n) is 1.81. The quantitative estimate of drug-likeness (QED) is 0.462. The molecular weight excluding hydrogens is 255 g/mol.